The fourth-order valence-corrected chi connectivity index (χ4v) is 1.87. The van der Waals surface area contributed by atoms with Gasteiger partial charge in [0.25, 0.3) is 5.91 Å². The maximum Gasteiger partial charge on any atom is 0.274 e. The molecule has 0 bridgehead atoms. The number of nitrogen functional groups attached to an aromatic ring is 1. The van der Waals surface area contributed by atoms with Crippen molar-refractivity contribution >= 4 is 17.3 Å². The Labute approximate surface area is 119 Å². The van der Waals surface area contributed by atoms with Crippen LogP contribution in [0.25, 0.3) is 0 Å². The van der Waals surface area contributed by atoms with Crippen molar-refractivity contribution in [3.8, 4) is 0 Å². The van der Waals surface area contributed by atoms with Crippen LogP contribution >= 0.6 is 0 Å². The molecule has 1 aromatic carbocycles. The molecule has 0 fully saturated rings. The number of carbonyl (C=O) groups is 1. The van der Waals surface area contributed by atoms with E-state index in [9.17, 15) is 4.79 Å². The van der Waals surface area contributed by atoms with Gasteiger partial charge in [0.15, 0.2) is 0 Å². The third kappa shape index (κ3) is 3.35. The average Bonchev–Trinajstić information content (AvgIpc) is 2.48. The van der Waals surface area contributed by atoms with Gasteiger partial charge in [-0.05, 0) is 42.2 Å². The van der Waals surface area contributed by atoms with Gasteiger partial charge in [0.05, 0.1) is 11.9 Å². The molecule has 1 unspecified atom stereocenters. The Kier molecular flexibility index (Phi) is 4.35. The normalized spacial score (nSPS) is 11.9. The van der Waals surface area contributed by atoms with Crippen LogP contribution in [0.1, 0.15) is 42.2 Å². The smallest absolute Gasteiger partial charge is 0.274 e. The van der Waals surface area contributed by atoms with Crippen LogP contribution in [0.4, 0.5) is 11.4 Å². The Hall–Kier alpha value is -2.36. The van der Waals surface area contributed by atoms with E-state index < -0.39 is 0 Å². The molecule has 2 aromatic rings. The molecular formula is C16H19N3O. The number of amides is 1. The molecule has 4 nitrogen and oxygen atoms in total. The summed E-state index contributed by atoms with van der Waals surface area (Å²) in [5.41, 5.74) is 8.48. The summed E-state index contributed by atoms with van der Waals surface area (Å²) in [7, 11) is 0. The predicted molar refractivity (Wildman–Crippen MR) is 81.8 cm³/mol. The van der Waals surface area contributed by atoms with Gasteiger partial charge in [0.2, 0.25) is 0 Å². The highest BCUT2D eigenvalue weighted by molar-refractivity contribution is 6.02. The standard InChI is InChI=1S/C16H19N3O/c1-3-11(2)12-4-7-14(8-5-12)19-16(20)15-9-6-13(17)10-18-15/h4-11H,3,17H2,1-2H3,(H,19,20). The van der Waals surface area contributed by atoms with E-state index in [4.69, 9.17) is 5.73 Å². The summed E-state index contributed by atoms with van der Waals surface area (Å²) in [6.07, 6.45) is 2.57. The molecule has 0 aliphatic carbocycles. The zero-order valence-electron chi connectivity index (χ0n) is 11.8. The third-order valence-corrected chi connectivity index (χ3v) is 3.37. The highest BCUT2D eigenvalue weighted by atomic mass is 16.1. The van der Waals surface area contributed by atoms with Crippen LogP contribution in [-0.4, -0.2) is 10.9 Å². The van der Waals surface area contributed by atoms with E-state index in [0.717, 1.165) is 12.1 Å². The number of nitrogens with one attached hydrogen (secondary N) is 1. The molecule has 0 saturated heterocycles. The Morgan fingerprint density at radius 2 is 1.95 bits per heavy atom. The highest BCUT2D eigenvalue weighted by Gasteiger charge is 2.08. The first-order valence-corrected chi connectivity index (χ1v) is 6.73. The van der Waals surface area contributed by atoms with Gasteiger partial charge in [-0.15, -0.1) is 0 Å². The molecule has 104 valence electrons. The van der Waals surface area contributed by atoms with E-state index in [-0.39, 0.29) is 5.91 Å². The Bertz CT molecular complexity index is 576. The topological polar surface area (TPSA) is 68.0 Å². The minimum absolute atomic E-state index is 0.235. The Morgan fingerprint density at radius 3 is 2.50 bits per heavy atom. The van der Waals surface area contributed by atoms with Crippen molar-refractivity contribution in [1.29, 1.82) is 0 Å². The van der Waals surface area contributed by atoms with Crippen LogP contribution in [0, 0.1) is 0 Å². The summed E-state index contributed by atoms with van der Waals surface area (Å²) in [6.45, 7) is 4.35. The molecule has 3 N–H and O–H groups in total. The number of carbonyl (C=O) groups excluding carboxylic acids is 1. The van der Waals surface area contributed by atoms with Crippen LogP contribution in [-0.2, 0) is 0 Å². The zero-order valence-corrected chi connectivity index (χ0v) is 11.8. The first-order chi connectivity index (χ1) is 9.60. The van der Waals surface area contributed by atoms with E-state index in [1.807, 2.05) is 24.3 Å². The summed E-state index contributed by atoms with van der Waals surface area (Å²) < 4.78 is 0. The number of anilines is 2. The lowest BCUT2D eigenvalue weighted by atomic mass is 9.99. The Balaban J connectivity index is 2.06. The number of aromatic nitrogens is 1. The lowest BCUT2D eigenvalue weighted by Gasteiger charge is -2.10. The van der Waals surface area contributed by atoms with Crippen LogP contribution < -0.4 is 11.1 Å². The van der Waals surface area contributed by atoms with Crippen molar-refractivity contribution in [2.45, 2.75) is 26.2 Å². The molecule has 2 rings (SSSR count). The molecule has 1 atom stereocenters. The van der Waals surface area contributed by atoms with Gasteiger partial charge in [-0.3, -0.25) is 4.79 Å². The SMILES string of the molecule is CCC(C)c1ccc(NC(=O)c2ccc(N)cn2)cc1. The van der Waals surface area contributed by atoms with Crippen LogP contribution in [0.5, 0.6) is 0 Å². The molecule has 0 spiro atoms. The van der Waals surface area contributed by atoms with Gasteiger partial charge in [-0.25, -0.2) is 4.98 Å². The molecule has 4 heteroatoms. The molecule has 1 heterocycles. The Morgan fingerprint density at radius 1 is 1.25 bits per heavy atom. The number of nitrogens with two attached hydrogens (primary N) is 1. The maximum absolute atomic E-state index is 12.0. The summed E-state index contributed by atoms with van der Waals surface area (Å²) in [5.74, 6) is 0.291. The summed E-state index contributed by atoms with van der Waals surface area (Å²) in [5, 5.41) is 2.82. The molecule has 0 radical (unpaired) electrons. The predicted octanol–water partition coefficient (Wildman–Crippen LogP) is 3.43. The van der Waals surface area contributed by atoms with Crippen LogP contribution in [0.3, 0.4) is 0 Å². The monoisotopic (exact) mass is 269 g/mol. The molecule has 20 heavy (non-hydrogen) atoms. The van der Waals surface area contributed by atoms with Gasteiger partial charge in [0, 0.05) is 5.69 Å². The minimum atomic E-state index is -0.235. The second-order valence-electron chi connectivity index (χ2n) is 4.86. The van der Waals surface area contributed by atoms with E-state index in [1.165, 1.54) is 11.8 Å². The number of hydrogen-bond donors (Lipinski definition) is 2. The molecule has 0 aliphatic rings. The lowest BCUT2D eigenvalue weighted by molar-refractivity contribution is 0.102. The first kappa shape index (κ1) is 14.1. The van der Waals surface area contributed by atoms with E-state index >= 15 is 0 Å². The quantitative estimate of drug-likeness (QED) is 0.893. The summed E-state index contributed by atoms with van der Waals surface area (Å²) in [6, 6.07) is 11.2. The number of benzene rings is 1. The van der Waals surface area contributed by atoms with Crippen molar-refractivity contribution in [3.63, 3.8) is 0 Å². The first-order valence-electron chi connectivity index (χ1n) is 6.73. The number of hydrogen-bond acceptors (Lipinski definition) is 3. The van der Waals surface area contributed by atoms with Crippen molar-refractivity contribution in [2.24, 2.45) is 0 Å². The van der Waals surface area contributed by atoms with Gasteiger partial charge in [-0.1, -0.05) is 26.0 Å². The largest absolute Gasteiger partial charge is 0.397 e. The number of rotatable bonds is 4. The summed E-state index contributed by atoms with van der Waals surface area (Å²) in [4.78, 5) is 16.0. The fourth-order valence-electron chi connectivity index (χ4n) is 1.87. The number of pyridine rings is 1. The van der Waals surface area contributed by atoms with E-state index in [2.05, 4.69) is 24.1 Å². The maximum atomic E-state index is 12.0. The molecule has 1 aromatic heterocycles. The van der Waals surface area contributed by atoms with Crippen molar-refractivity contribution in [3.05, 3.63) is 53.9 Å². The van der Waals surface area contributed by atoms with Gasteiger partial charge < -0.3 is 11.1 Å². The van der Waals surface area contributed by atoms with Gasteiger partial charge in [0.1, 0.15) is 5.69 Å². The summed E-state index contributed by atoms with van der Waals surface area (Å²) >= 11 is 0. The van der Waals surface area contributed by atoms with Crippen LogP contribution in [0.15, 0.2) is 42.6 Å². The molecule has 0 saturated carbocycles. The van der Waals surface area contributed by atoms with Crippen LogP contribution in [0.2, 0.25) is 0 Å². The highest BCUT2D eigenvalue weighted by Crippen LogP contribution is 2.20. The number of nitrogens with zero attached hydrogens (tertiary/aromatic N) is 1. The minimum Gasteiger partial charge on any atom is -0.397 e. The average molecular weight is 269 g/mol. The molecular weight excluding hydrogens is 250 g/mol. The van der Waals surface area contributed by atoms with E-state index in [0.29, 0.717) is 17.3 Å². The molecule has 1 amide bonds. The fraction of sp³-hybridized carbons (Fsp3) is 0.250. The van der Waals surface area contributed by atoms with E-state index in [1.54, 1.807) is 12.1 Å². The van der Waals surface area contributed by atoms with Crippen molar-refractivity contribution < 1.29 is 4.79 Å². The lowest BCUT2D eigenvalue weighted by Crippen LogP contribution is -2.13. The van der Waals surface area contributed by atoms with Crippen molar-refractivity contribution in [2.75, 3.05) is 11.1 Å². The van der Waals surface area contributed by atoms with Gasteiger partial charge >= 0.3 is 0 Å². The zero-order chi connectivity index (χ0) is 14.5. The van der Waals surface area contributed by atoms with Crippen molar-refractivity contribution in [1.82, 2.24) is 4.98 Å². The molecule has 0 aliphatic heterocycles. The second-order valence-corrected chi connectivity index (χ2v) is 4.86. The van der Waals surface area contributed by atoms with Gasteiger partial charge in [-0.2, -0.15) is 0 Å². The second kappa shape index (κ2) is 6.19. The third-order valence-electron chi connectivity index (χ3n) is 3.37.